The average molecular weight is 501 g/mol. The number of morpholine rings is 1. The summed E-state index contributed by atoms with van der Waals surface area (Å²) < 4.78 is 12.0. The SMILES string of the molecule is CNC(=O)[C@@H]1[C@H]2C(=O)N([C@H](CO)c3ccccc3)C(C(=O)NCCN3CCOCC3)C23CC[C@@]1(C)O3. The lowest BCUT2D eigenvalue weighted by Crippen LogP contribution is -2.57. The molecule has 1 aromatic rings. The van der Waals surface area contributed by atoms with Crippen molar-refractivity contribution in [2.45, 2.75) is 43.1 Å². The Morgan fingerprint density at radius 2 is 1.89 bits per heavy atom. The molecule has 1 spiro atoms. The number of likely N-dealkylation sites (tertiary alicyclic amines) is 1. The number of aliphatic hydroxyl groups excluding tert-OH is 1. The highest BCUT2D eigenvalue weighted by Crippen LogP contribution is 2.63. The van der Waals surface area contributed by atoms with Gasteiger partial charge in [-0.3, -0.25) is 19.3 Å². The molecule has 1 aromatic carbocycles. The van der Waals surface area contributed by atoms with Gasteiger partial charge in [0.05, 0.1) is 43.3 Å². The largest absolute Gasteiger partial charge is 0.394 e. The molecule has 10 nitrogen and oxygen atoms in total. The minimum absolute atomic E-state index is 0.258. The van der Waals surface area contributed by atoms with Crippen molar-refractivity contribution in [2.24, 2.45) is 11.8 Å². The molecular weight excluding hydrogens is 464 g/mol. The van der Waals surface area contributed by atoms with Crippen LogP contribution in [-0.2, 0) is 23.9 Å². The van der Waals surface area contributed by atoms with Gasteiger partial charge in [-0.05, 0) is 25.3 Å². The van der Waals surface area contributed by atoms with Gasteiger partial charge in [0.15, 0.2) is 0 Å². The first-order valence-corrected chi connectivity index (χ1v) is 12.8. The van der Waals surface area contributed by atoms with E-state index in [-0.39, 0.29) is 24.3 Å². The molecule has 4 aliphatic heterocycles. The van der Waals surface area contributed by atoms with Gasteiger partial charge in [0.2, 0.25) is 17.7 Å². The van der Waals surface area contributed by atoms with Gasteiger partial charge >= 0.3 is 0 Å². The van der Waals surface area contributed by atoms with E-state index in [9.17, 15) is 19.5 Å². The fourth-order valence-electron chi connectivity index (χ4n) is 6.84. The minimum atomic E-state index is -1.12. The first kappa shape index (κ1) is 25.1. The third-order valence-corrected chi connectivity index (χ3v) is 8.52. The Morgan fingerprint density at radius 1 is 1.17 bits per heavy atom. The molecule has 3 amide bonds. The first-order valence-electron chi connectivity index (χ1n) is 12.8. The molecule has 4 fully saturated rings. The number of carbonyl (C=O) groups is 3. The summed E-state index contributed by atoms with van der Waals surface area (Å²) in [7, 11) is 1.55. The summed E-state index contributed by atoms with van der Waals surface area (Å²) in [6.45, 7) is 5.58. The zero-order chi connectivity index (χ0) is 25.5. The molecule has 0 aliphatic carbocycles. The fourth-order valence-corrected chi connectivity index (χ4v) is 6.84. The van der Waals surface area contributed by atoms with Crippen LogP contribution in [0.1, 0.15) is 31.4 Å². The molecule has 4 aliphatic rings. The Labute approximate surface area is 211 Å². The van der Waals surface area contributed by atoms with Gasteiger partial charge in [0.25, 0.3) is 0 Å². The maximum Gasteiger partial charge on any atom is 0.245 e. The third kappa shape index (κ3) is 3.91. The van der Waals surface area contributed by atoms with Gasteiger partial charge in [-0.15, -0.1) is 0 Å². The number of nitrogens with zero attached hydrogens (tertiary/aromatic N) is 2. The Bertz CT molecular complexity index is 1000. The Hall–Kier alpha value is -2.53. The predicted octanol–water partition coefficient (Wildman–Crippen LogP) is -0.321. The summed E-state index contributed by atoms with van der Waals surface area (Å²) in [5.74, 6) is -2.37. The van der Waals surface area contributed by atoms with Crippen LogP contribution in [0.2, 0.25) is 0 Å². The summed E-state index contributed by atoms with van der Waals surface area (Å²) in [5, 5.41) is 16.2. The molecule has 4 heterocycles. The zero-order valence-electron chi connectivity index (χ0n) is 20.9. The molecule has 10 heteroatoms. The quantitative estimate of drug-likeness (QED) is 0.447. The Kier molecular flexibility index (Phi) is 6.80. The van der Waals surface area contributed by atoms with Crippen molar-refractivity contribution >= 4 is 17.7 Å². The van der Waals surface area contributed by atoms with E-state index in [1.807, 2.05) is 37.3 Å². The maximum absolute atomic E-state index is 14.1. The normalized spacial score (nSPS) is 34.5. The fraction of sp³-hybridized carbons (Fsp3) is 0.654. The first-order chi connectivity index (χ1) is 17.4. The second kappa shape index (κ2) is 9.74. The highest BCUT2D eigenvalue weighted by atomic mass is 16.5. The van der Waals surface area contributed by atoms with Crippen LogP contribution in [0.15, 0.2) is 30.3 Å². The van der Waals surface area contributed by atoms with Gasteiger partial charge in [0.1, 0.15) is 11.6 Å². The summed E-state index contributed by atoms with van der Waals surface area (Å²) in [5.41, 5.74) is -1.21. The van der Waals surface area contributed by atoms with Crippen molar-refractivity contribution < 1.29 is 29.0 Å². The predicted molar refractivity (Wildman–Crippen MR) is 130 cm³/mol. The summed E-state index contributed by atoms with van der Waals surface area (Å²) in [4.78, 5) is 44.7. The van der Waals surface area contributed by atoms with Crippen molar-refractivity contribution in [3.8, 4) is 0 Å². The monoisotopic (exact) mass is 500 g/mol. The van der Waals surface area contributed by atoms with Crippen LogP contribution in [0, 0.1) is 11.8 Å². The number of amides is 3. The molecule has 0 radical (unpaired) electrons. The van der Waals surface area contributed by atoms with Crippen LogP contribution in [-0.4, -0.2) is 103 Å². The molecule has 2 bridgehead atoms. The van der Waals surface area contributed by atoms with Gasteiger partial charge in [-0.25, -0.2) is 0 Å². The van der Waals surface area contributed by atoms with E-state index in [4.69, 9.17) is 9.47 Å². The molecule has 3 N–H and O–H groups in total. The van der Waals surface area contributed by atoms with E-state index in [0.717, 1.165) is 18.7 Å². The number of benzene rings is 1. The second-order valence-electron chi connectivity index (χ2n) is 10.4. The molecule has 0 aromatic heterocycles. The van der Waals surface area contributed by atoms with E-state index in [1.54, 1.807) is 7.05 Å². The zero-order valence-corrected chi connectivity index (χ0v) is 20.9. The molecule has 2 unspecified atom stereocenters. The Morgan fingerprint density at radius 3 is 2.56 bits per heavy atom. The summed E-state index contributed by atoms with van der Waals surface area (Å²) in [6, 6.07) is 7.53. The van der Waals surface area contributed by atoms with Crippen LogP contribution in [0.25, 0.3) is 0 Å². The van der Waals surface area contributed by atoms with E-state index in [0.29, 0.717) is 39.1 Å². The summed E-state index contributed by atoms with van der Waals surface area (Å²) in [6.07, 6.45) is 1.08. The average Bonchev–Trinajstić information content (AvgIpc) is 3.46. The van der Waals surface area contributed by atoms with Crippen LogP contribution < -0.4 is 10.6 Å². The molecule has 0 saturated carbocycles. The number of hydrogen-bond donors (Lipinski definition) is 3. The smallest absolute Gasteiger partial charge is 0.245 e. The van der Waals surface area contributed by atoms with Crippen molar-refractivity contribution in [3.05, 3.63) is 35.9 Å². The van der Waals surface area contributed by atoms with Gasteiger partial charge < -0.3 is 30.1 Å². The Balaban J connectivity index is 1.48. The van der Waals surface area contributed by atoms with Crippen molar-refractivity contribution in [2.75, 3.05) is 53.0 Å². The molecule has 36 heavy (non-hydrogen) atoms. The second-order valence-corrected chi connectivity index (χ2v) is 10.4. The molecule has 6 atom stereocenters. The van der Waals surface area contributed by atoms with Crippen LogP contribution in [0.4, 0.5) is 0 Å². The maximum atomic E-state index is 14.1. The molecule has 196 valence electrons. The van der Waals surface area contributed by atoms with Gasteiger partial charge in [0, 0.05) is 33.2 Å². The number of carbonyl (C=O) groups excluding carboxylic acids is 3. The lowest BCUT2D eigenvalue weighted by molar-refractivity contribution is -0.149. The lowest BCUT2D eigenvalue weighted by atomic mass is 9.66. The third-order valence-electron chi connectivity index (χ3n) is 8.52. The topological polar surface area (TPSA) is 120 Å². The highest BCUT2D eigenvalue weighted by molar-refractivity contribution is 5.99. The van der Waals surface area contributed by atoms with Crippen LogP contribution >= 0.6 is 0 Å². The number of rotatable bonds is 8. The number of hydrogen-bond acceptors (Lipinski definition) is 7. The molecule has 5 rings (SSSR count). The number of fused-ring (bicyclic) bond motifs is 1. The van der Waals surface area contributed by atoms with Gasteiger partial charge in [-0.1, -0.05) is 30.3 Å². The molecule has 4 saturated heterocycles. The van der Waals surface area contributed by atoms with E-state index in [2.05, 4.69) is 15.5 Å². The van der Waals surface area contributed by atoms with E-state index < -0.39 is 35.1 Å². The van der Waals surface area contributed by atoms with Crippen molar-refractivity contribution in [3.63, 3.8) is 0 Å². The van der Waals surface area contributed by atoms with E-state index in [1.165, 1.54) is 4.90 Å². The number of ether oxygens (including phenoxy) is 2. The van der Waals surface area contributed by atoms with Crippen LogP contribution in [0.5, 0.6) is 0 Å². The van der Waals surface area contributed by atoms with Crippen molar-refractivity contribution in [1.82, 2.24) is 20.4 Å². The summed E-state index contributed by atoms with van der Waals surface area (Å²) >= 11 is 0. The number of nitrogens with one attached hydrogen (secondary N) is 2. The van der Waals surface area contributed by atoms with Gasteiger partial charge in [-0.2, -0.15) is 0 Å². The molecular formula is C26H36N4O6. The highest BCUT2D eigenvalue weighted by Gasteiger charge is 2.78. The number of aliphatic hydroxyl groups is 1. The minimum Gasteiger partial charge on any atom is -0.394 e. The van der Waals surface area contributed by atoms with E-state index >= 15 is 0 Å². The standard InChI is InChI=1S/C26H36N4O6/c1-25-8-9-26(36-25)20(19(25)22(32)27-2)24(34)30(18(16-31)17-6-4-3-5-7-17)21(26)23(33)28-10-11-29-12-14-35-15-13-29/h3-7,18-21,31H,8-16H2,1-2H3,(H,27,32)(H,28,33)/t18-,19+,20+,21?,25-,26?/m1/s1. The van der Waals surface area contributed by atoms with Crippen molar-refractivity contribution in [1.29, 1.82) is 0 Å². The lowest BCUT2D eigenvalue weighted by Gasteiger charge is -2.37. The van der Waals surface area contributed by atoms with Crippen LogP contribution in [0.3, 0.4) is 0 Å².